The fraction of sp³-hybridized carbons (Fsp3) is 0.250. The molecule has 7 heteroatoms. The number of aromatic nitrogens is 2. The number of para-hydroxylation sites is 1. The van der Waals surface area contributed by atoms with E-state index in [1.165, 1.54) is 0 Å². The van der Waals surface area contributed by atoms with Crippen molar-refractivity contribution in [3.63, 3.8) is 0 Å². The van der Waals surface area contributed by atoms with Crippen LogP contribution in [0.5, 0.6) is 5.75 Å². The maximum atomic E-state index is 12.2. The van der Waals surface area contributed by atoms with Gasteiger partial charge in [0.1, 0.15) is 11.9 Å². The second kappa shape index (κ2) is 8.01. The fourth-order valence-corrected chi connectivity index (χ4v) is 2.83. The van der Waals surface area contributed by atoms with Crippen LogP contribution in [0.25, 0.3) is 11.5 Å². The molecule has 0 bridgehead atoms. The summed E-state index contributed by atoms with van der Waals surface area (Å²) in [5, 5.41) is 6.81. The molecule has 0 aliphatic carbocycles. The van der Waals surface area contributed by atoms with Crippen molar-refractivity contribution >= 4 is 11.6 Å². The Morgan fingerprint density at radius 3 is 2.89 bits per heavy atom. The normalized spacial score (nSPS) is 16.2. The molecule has 27 heavy (non-hydrogen) atoms. The minimum Gasteiger partial charge on any atom is -0.485 e. The van der Waals surface area contributed by atoms with Crippen molar-refractivity contribution in [2.45, 2.75) is 25.6 Å². The standard InChI is InChI=1S/C20H19N3O4/c24-19(17-10-5-11-25-17)21-15-7-4-6-14(12-15)20-22-18(23-27-20)13-26-16-8-2-1-3-9-16/h1-4,6-9,12,17H,5,10-11,13H2,(H,21,24)/t17-/m0/s1. The first-order chi connectivity index (χ1) is 13.3. The third-order valence-electron chi connectivity index (χ3n) is 4.18. The highest BCUT2D eigenvalue weighted by Crippen LogP contribution is 2.22. The van der Waals surface area contributed by atoms with Crippen LogP contribution in [-0.2, 0) is 16.1 Å². The molecule has 1 aliphatic rings. The van der Waals surface area contributed by atoms with Crippen LogP contribution in [0.3, 0.4) is 0 Å². The summed E-state index contributed by atoms with van der Waals surface area (Å²) >= 11 is 0. The van der Waals surface area contributed by atoms with Crippen molar-refractivity contribution in [3.8, 4) is 17.2 Å². The van der Waals surface area contributed by atoms with Crippen molar-refractivity contribution in [3.05, 3.63) is 60.4 Å². The second-order valence-electron chi connectivity index (χ2n) is 6.19. The lowest BCUT2D eigenvalue weighted by Crippen LogP contribution is -2.26. The first kappa shape index (κ1) is 17.2. The van der Waals surface area contributed by atoms with Crippen molar-refractivity contribution in [2.75, 3.05) is 11.9 Å². The van der Waals surface area contributed by atoms with Crippen molar-refractivity contribution < 1.29 is 18.8 Å². The fourth-order valence-electron chi connectivity index (χ4n) is 2.83. The molecule has 2 heterocycles. The van der Waals surface area contributed by atoms with Gasteiger partial charge in [0, 0.05) is 17.9 Å². The van der Waals surface area contributed by atoms with Crippen molar-refractivity contribution in [1.29, 1.82) is 0 Å². The van der Waals surface area contributed by atoms with E-state index >= 15 is 0 Å². The van der Waals surface area contributed by atoms with Crippen LogP contribution >= 0.6 is 0 Å². The molecule has 1 atom stereocenters. The number of carbonyl (C=O) groups is 1. The van der Waals surface area contributed by atoms with Crippen LogP contribution in [-0.4, -0.2) is 28.8 Å². The van der Waals surface area contributed by atoms with Gasteiger partial charge in [-0.1, -0.05) is 29.4 Å². The number of ether oxygens (including phenoxy) is 2. The van der Waals surface area contributed by atoms with Crippen molar-refractivity contribution in [2.24, 2.45) is 0 Å². The first-order valence-electron chi connectivity index (χ1n) is 8.81. The Balaban J connectivity index is 1.41. The predicted molar refractivity (Wildman–Crippen MR) is 98.1 cm³/mol. The van der Waals surface area contributed by atoms with E-state index in [1.54, 1.807) is 6.07 Å². The Kier molecular flexibility index (Phi) is 5.11. The van der Waals surface area contributed by atoms with E-state index in [4.69, 9.17) is 14.0 Å². The van der Waals surface area contributed by atoms with Gasteiger partial charge in [0.05, 0.1) is 0 Å². The third-order valence-corrected chi connectivity index (χ3v) is 4.18. The number of nitrogens with zero attached hydrogens (tertiary/aromatic N) is 2. The summed E-state index contributed by atoms with van der Waals surface area (Å²) in [4.78, 5) is 16.5. The molecule has 3 aromatic rings. The number of hydrogen-bond acceptors (Lipinski definition) is 6. The van der Waals surface area contributed by atoms with Gasteiger partial charge in [-0.25, -0.2) is 0 Å². The highest BCUT2D eigenvalue weighted by Gasteiger charge is 2.23. The smallest absolute Gasteiger partial charge is 0.258 e. The molecule has 1 saturated heterocycles. The highest BCUT2D eigenvalue weighted by molar-refractivity contribution is 5.94. The van der Waals surface area contributed by atoms with E-state index in [2.05, 4.69) is 15.5 Å². The average Bonchev–Trinajstić information content (AvgIpc) is 3.40. The van der Waals surface area contributed by atoms with Gasteiger partial charge < -0.3 is 19.3 Å². The van der Waals surface area contributed by atoms with E-state index < -0.39 is 0 Å². The van der Waals surface area contributed by atoms with Crippen LogP contribution in [0.4, 0.5) is 5.69 Å². The van der Waals surface area contributed by atoms with Gasteiger partial charge in [0.2, 0.25) is 5.82 Å². The molecule has 0 radical (unpaired) electrons. The zero-order valence-corrected chi connectivity index (χ0v) is 14.6. The number of rotatable bonds is 6. The molecule has 7 nitrogen and oxygen atoms in total. The molecule has 0 spiro atoms. The minimum atomic E-state index is -0.376. The van der Waals surface area contributed by atoms with Crippen LogP contribution in [0, 0.1) is 0 Å². The molecule has 1 fully saturated rings. The van der Waals surface area contributed by atoms with Gasteiger partial charge in [0.15, 0.2) is 6.61 Å². The second-order valence-corrected chi connectivity index (χ2v) is 6.19. The summed E-state index contributed by atoms with van der Waals surface area (Å²) in [6.45, 7) is 0.844. The largest absolute Gasteiger partial charge is 0.485 e. The maximum absolute atomic E-state index is 12.2. The van der Waals surface area contributed by atoms with E-state index in [-0.39, 0.29) is 18.6 Å². The molecule has 1 aromatic heterocycles. The van der Waals surface area contributed by atoms with E-state index in [1.807, 2.05) is 48.5 Å². The number of amides is 1. The van der Waals surface area contributed by atoms with E-state index in [0.29, 0.717) is 24.0 Å². The van der Waals surface area contributed by atoms with Gasteiger partial charge >= 0.3 is 0 Å². The van der Waals surface area contributed by atoms with Gasteiger partial charge in [0.25, 0.3) is 11.8 Å². The molecule has 138 valence electrons. The van der Waals surface area contributed by atoms with Gasteiger partial charge in [-0.15, -0.1) is 0 Å². The highest BCUT2D eigenvalue weighted by atomic mass is 16.5. The summed E-state index contributed by atoms with van der Waals surface area (Å²) < 4.78 is 16.3. The Labute approximate surface area is 156 Å². The van der Waals surface area contributed by atoms with Gasteiger partial charge in [-0.05, 0) is 43.2 Å². The van der Waals surface area contributed by atoms with Crippen molar-refractivity contribution in [1.82, 2.24) is 10.1 Å². The van der Waals surface area contributed by atoms with Crippen LogP contribution in [0.1, 0.15) is 18.7 Å². The Morgan fingerprint density at radius 2 is 2.07 bits per heavy atom. The summed E-state index contributed by atoms with van der Waals surface area (Å²) in [5.74, 6) is 1.42. The zero-order valence-electron chi connectivity index (χ0n) is 14.6. The number of nitrogens with one attached hydrogen (secondary N) is 1. The lowest BCUT2D eigenvalue weighted by atomic mass is 10.2. The average molecular weight is 365 g/mol. The van der Waals surface area contributed by atoms with E-state index in [0.717, 1.165) is 24.2 Å². The predicted octanol–water partition coefficient (Wildman–Crippen LogP) is 3.43. The lowest BCUT2D eigenvalue weighted by Gasteiger charge is -2.10. The number of benzene rings is 2. The number of hydrogen-bond donors (Lipinski definition) is 1. The summed E-state index contributed by atoms with van der Waals surface area (Å²) in [6.07, 6.45) is 1.28. The Bertz CT molecular complexity index is 904. The molecule has 0 saturated carbocycles. The van der Waals surface area contributed by atoms with Crippen LogP contribution < -0.4 is 10.1 Å². The van der Waals surface area contributed by atoms with Crippen LogP contribution in [0.15, 0.2) is 59.1 Å². The van der Waals surface area contributed by atoms with E-state index in [9.17, 15) is 4.79 Å². The maximum Gasteiger partial charge on any atom is 0.258 e. The quantitative estimate of drug-likeness (QED) is 0.720. The first-order valence-corrected chi connectivity index (χ1v) is 8.81. The molecule has 0 unspecified atom stereocenters. The molecule has 1 aliphatic heterocycles. The summed E-state index contributed by atoms with van der Waals surface area (Å²) in [5.41, 5.74) is 1.38. The Hall–Kier alpha value is -3.19. The SMILES string of the molecule is O=C(Nc1cccc(-c2nc(COc3ccccc3)no2)c1)[C@@H]1CCCO1. The number of anilines is 1. The van der Waals surface area contributed by atoms with Crippen LogP contribution in [0.2, 0.25) is 0 Å². The molecule has 1 amide bonds. The third kappa shape index (κ3) is 4.32. The van der Waals surface area contributed by atoms with Gasteiger partial charge in [-0.3, -0.25) is 4.79 Å². The molecule has 2 aromatic carbocycles. The minimum absolute atomic E-state index is 0.132. The van der Waals surface area contributed by atoms with Gasteiger partial charge in [-0.2, -0.15) is 4.98 Å². The summed E-state index contributed by atoms with van der Waals surface area (Å²) in [7, 11) is 0. The molecular formula is C20H19N3O4. The number of carbonyl (C=O) groups excluding carboxylic acids is 1. The monoisotopic (exact) mass is 365 g/mol. The Morgan fingerprint density at radius 1 is 1.19 bits per heavy atom. The summed E-state index contributed by atoms with van der Waals surface area (Å²) in [6, 6.07) is 16.7. The molecule has 4 rings (SSSR count). The molecule has 1 N–H and O–H groups in total. The molecular weight excluding hydrogens is 346 g/mol. The topological polar surface area (TPSA) is 86.5 Å². The lowest BCUT2D eigenvalue weighted by molar-refractivity contribution is -0.124. The zero-order chi connectivity index (χ0) is 18.5.